The van der Waals surface area contributed by atoms with E-state index in [1.165, 1.54) is 33.2 Å². The summed E-state index contributed by atoms with van der Waals surface area (Å²) in [5.74, 6) is 6.07. The molecule has 5 aromatic rings. The molecule has 0 unspecified atom stereocenters. The number of pyridine rings is 1. The van der Waals surface area contributed by atoms with Gasteiger partial charge in [0.05, 0.1) is 11.5 Å². The van der Waals surface area contributed by atoms with Crippen molar-refractivity contribution in [1.82, 2.24) is 34.7 Å². The van der Waals surface area contributed by atoms with E-state index in [2.05, 4.69) is 25.4 Å². The molecule has 0 amide bonds. The summed E-state index contributed by atoms with van der Waals surface area (Å²) in [6.45, 7) is 0. The smallest absolute Gasteiger partial charge is 0.313 e. The summed E-state index contributed by atoms with van der Waals surface area (Å²) in [5.41, 5.74) is 2.90. The van der Waals surface area contributed by atoms with E-state index in [0.29, 0.717) is 45.4 Å². The lowest BCUT2D eigenvalue weighted by Gasteiger charge is -2.10. The highest BCUT2D eigenvalue weighted by molar-refractivity contribution is 7.99. The van der Waals surface area contributed by atoms with E-state index in [0.717, 1.165) is 22.9 Å². The number of rotatable bonds is 11. The number of aromatic nitrogens is 7. The quantitative estimate of drug-likeness (QED) is 0.134. The first-order valence-corrected chi connectivity index (χ1v) is 13.9. The number of nitrogens with zero attached hydrogens (tertiary/aromatic N) is 8. The van der Waals surface area contributed by atoms with Gasteiger partial charge in [-0.1, -0.05) is 53.9 Å². The number of hydrogen-bond donors (Lipinski definition) is 2. The predicted octanol–water partition coefficient (Wildman–Crippen LogP) is 4.06. The molecule has 0 aliphatic rings. The minimum Gasteiger partial charge on any atom is -0.481 e. The Morgan fingerprint density at radius 1 is 0.900 bits per heavy atom. The minimum absolute atomic E-state index is 0.223. The van der Waals surface area contributed by atoms with Crippen molar-refractivity contribution in [2.45, 2.75) is 16.7 Å². The number of thioether (sulfide) groups is 2. The van der Waals surface area contributed by atoms with Gasteiger partial charge in [-0.3, -0.25) is 9.78 Å². The largest absolute Gasteiger partial charge is 0.481 e. The van der Waals surface area contributed by atoms with Crippen LogP contribution < -0.4 is 5.84 Å². The molecule has 5 rings (SSSR count). The summed E-state index contributed by atoms with van der Waals surface area (Å²) >= 11 is 2.41. The van der Waals surface area contributed by atoms with Gasteiger partial charge in [-0.25, -0.2) is 9.07 Å². The maximum Gasteiger partial charge on any atom is 0.313 e. The van der Waals surface area contributed by atoms with Crippen LogP contribution >= 0.6 is 23.5 Å². The van der Waals surface area contributed by atoms with Gasteiger partial charge in [0.15, 0.2) is 11.6 Å². The fraction of sp³-hybridized carbons (Fsp3) is 0.115. The lowest BCUT2D eigenvalue weighted by Crippen LogP contribution is -2.12. The number of carboxylic acids is 1. The molecule has 0 saturated carbocycles. The third-order valence-corrected chi connectivity index (χ3v) is 7.37. The topological polar surface area (TPSA) is 150 Å². The third kappa shape index (κ3) is 6.35. The number of aliphatic carboxylic acids is 1. The second-order valence-corrected chi connectivity index (χ2v) is 10.2. The fourth-order valence-electron chi connectivity index (χ4n) is 3.66. The molecule has 0 atom stereocenters. The van der Waals surface area contributed by atoms with E-state index in [1.54, 1.807) is 30.6 Å². The van der Waals surface area contributed by atoms with E-state index in [1.807, 2.05) is 36.4 Å². The first-order chi connectivity index (χ1) is 19.5. The molecule has 11 nitrogen and oxygen atoms in total. The number of nitrogens with two attached hydrogens (primary N) is 1. The number of nitrogen functional groups attached to an aromatic ring is 1. The van der Waals surface area contributed by atoms with Gasteiger partial charge in [0.1, 0.15) is 5.82 Å². The number of carbonyl (C=O) groups is 1. The molecule has 2 aromatic carbocycles. The molecule has 0 aliphatic heterocycles. The van der Waals surface area contributed by atoms with Crippen molar-refractivity contribution < 1.29 is 14.3 Å². The maximum atomic E-state index is 13.6. The predicted molar refractivity (Wildman–Crippen MR) is 151 cm³/mol. The summed E-state index contributed by atoms with van der Waals surface area (Å²) in [5, 5.41) is 31.7. The molecule has 0 radical (unpaired) electrons. The van der Waals surface area contributed by atoms with Crippen LogP contribution in [0.5, 0.6) is 0 Å². The summed E-state index contributed by atoms with van der Waals surface area (Å²) in [6, 6.07) is 19.0. The van der Waals surface area contributed by atoms with E-state index in [-0.39, 0.29) is 11.6 Å². The van der Waals surface area contributed by atoms with Gasteiger partial charge in [-0.15, -0.1) is 20.4 Å². The van der Waals surface area contributed by atoms with Crippen LogP contribution in [-0.2, 0) is 4.79 Å². The summed E-state index contributed by atoms with van der Waals surface area (Å²) in [4.78, 5) is 15.4. The van der Waals surface area contributed by atoms with Crippen LogP contribution in [0.1, 0.15) is 12.0 Å². The molecule has 14 heteroatoms. The first-order valence-electron chi connectivity index (χ1n) is 11.9. The van der Waals surface area contributed by atoms with E-state index in [4.69, 9.17) is 10.9 Å². The summed E-state index contributed by atoms with van der Waals surface area (Å²) in [6.07, 6.45) is 3.83. The van der Waals surface area contributed by atoms with Crippen molar-refractivity contribution in [3.05, 3.63) is 90.5 Å². The van der Waals surface area contributed by atoms with Crippen LogP contribution in [-0.4, -0.2) is 63.0 Å². The van der Waals surface area contributed by atoms with Gasteiger partial charge >= 0.3 is 5.97 Å². The molecule has 40 heavy (non-hydrogen) atoms. The molecule has 3 aromatic heterocycles. The summed E-state index contributed by atoms with van der Waals surface area (Å²) < 4.78 is 16.5. The maximum absolute atomic E-state index is 13.6. The van der Waals surface area contributed by atoms with Crippen LogP contribution in [0.3, 0.4) is 0 Å². The number of carboxylic acid groups (broad SMARTS) is 1. The first kappa shape index (κ1) is 27.0. The Balaban J connectivity index is 1.45. The van der Waals surface area contributed by atoms with Gasteiger partial charge in [-0.2, -0.15) is 9.78 Å². The zero-order chi connectivity index (χ0) is 27.9. The zero-order valence-corrected chi connectivity index (χ0v) is 22.5. The monoisotopic (exact) mass is 575 g/mol. The average molecular weight is 576 g/mol. The molecule has 0 fully saturated rings. The Labute approximate surface area is 236 Å². The Hall–Kier alpha value is -4.56. The summed E-state index contributed by atoms with van der Waals surface area (Å²) in [7, 11) is 0. The minimum atomic E-state index is -0.997. The van der Waals surface area contributed by atoms with Crippen molar-refractivity contribution in [1.29, 1.82) is 0 Å². The van der Waals surface area contributed by atoms with Crippen molar-refractivity contribution in [2.24, 2.45) is 5.10 Å². The van der Waals surface area contributed by atoms with Crippen LogP contribution in [0, 0.1) is 5.82 Å². The van der Waals surface area contributed by atoms with Crippen molar-refractivity contribution in [2.75, 3.05) is 17.3 Å². The SMILES string of the molecule is Nn1c(SCC/C(=N\n2c(SCC(=O)O)nnc2-c2ccc(F)cc2)c2ccccc2)nnc1-c1cccnc1. The highest BCUT2D eigenvalue weighted by Crippen LogP contribution is 2.26. The molecule has 0 spiro atoms. The van der Waals surface area contributed by atoms with Crippen molar-refractivity contribution >= 4 is 35.2 Å². The molecule has 0 aliphatic carbocycles. The van der Waals surface area contributed by atoms with Crippen LogP contribution in [0.15, 0.2) is 94.5 Å². The molecular weight excluding hydrogens is 553 g/mol. The van der Waals surface area contributed by atoms with Gasteiger partial charge < -0.3 is 10.9 Å². The lowest BCUT2D eigenvalue weighted by atomic mass is 10.1. The van der Waals surface area contributed by atoms with Gasteiger partial charge in [0, 0.05) is 35.7 Å². The normalized spacial score (nSPS) is 11.6. The standard InChI is InChI=1S/C26H22FN9O2S2/c27-20-10-8-18(9-11-20)24-31-33-26(40-16-22(37)38)36(24)34-21(17-5-2-1-3-6-17)12-14-39-25-32-30-23(35(25)28)19-7-4-13-29-15-19/h1-11,13,15H,12,14,16,28H2,(H,37,38)/b34-21+. The molecule has 202 valence electrons. The average Bonchev–Trinajstić information content (AvgIpc) is 3.55. The van der Waals surface area contributed by atoms with Crippen LogP contribution in [0.4, 0.5) is 4.39 Å². The van der Waals surface area contributed by atoms with Crippen molar-refractivity contribution in [3.8, 4) is 22.8 Å². The number of hydrogen-bond acceptors (Lipinski definition) is 10. The highest BCUT2D eigenvalue weighted by atomic mass is 32.2. The Morgan fingerprint density at radius 2 is 1.65 bits per heavy atom. The second-order valence-electron chi connectivity index (χ2n) is 8.24. The second kappa shape index (κ2) is 12.5. The molecule has 0 bridgehead atoms. The van der Waals surface area contributed by atoms with E-state index in [9.17, 15) is 14.3 Å². The van der Waals surface area contributed by atoms with Gasteiger partial charge in [0.25, 0.3) is 0 Å². The Kier molecular flexibility index (Phi) is 8.47. The molecule has 0 saturated heterocycles. The van der Waals surface area contributed by atoms with Crippen molar-refractivity contribution in [3.63, 3.8) is 0 Å². The molecule has 3 N–H and O–H groups in total. The zero-order valence-electron chi connectivity index (χ0n) is 20.8. The Bertz CT molecular complexity index is 1630. The van der Waals surface area contributed by atoms with E-state index < -0.39 is 5.97 Å². The third-order valence-electron chi connectivity index (χ3n) is 5.52. The van der Waals surface area contributed by atoms with E-state index >= 15 is 0 Å². The molecule has 3 heterocycles. The van der Waals surface area contributed by atoms with Gasteiger partial charge in [0.2, 0.25) is 10.3 Å². The Morgan fingerprint density at radius 3 is 2.38 bits per heavy atom. The molecular formula is C26H22FN9O2S2. The number of halogens is 1. The number of benzene rings is 2. The lowest BCUT2D eigenvalue weighted by molar-refractivity contribution is -0.133. The van der Waals surface area contributed by atoms with Crippen LogP contribution in [0.2, 0.25) is 0 Å². The van der Waals surface area contributed by atoms with Crippen LogP contribution in [0.25, 0.3) is 22.8 Å². The van der Waals surface area contributed by atoms with Gasteiger partial charge in [-0.05, 0) is 42.0 Å². The fourth-order valence-corrected chi connectivity index (χ4v) is 5.06. The highest BCUT2D eigenvalue weighted by Gasteiger charge is 2.18.